The molecule has 0 fully saturated rings. The molecule has 0 aromatic carbocycles. The van der Waals surface area contributed by atoms with Crippen molar-refractivity contribution < 1.29 is 0 Å². The van der Waals surface area contributed by atoms with Crippen LogP contribution in [0.2, 0.25) is 0 Å². The smallest absolute Gasteiger partial charge is 0.137 e. The number of hydrogen-bond acceptors (Lipinski definition) is 5. The Bertz CT molecular complexity index is 863. The topological polar surface area (TPSA) is 72.9 Å². The van der Waals surface area contributed by atoms with Crippen LogP contribution in [0.25, 0.3) is 22.3 Å². The fraction of sp³-hybridized carbons (Fsp3) is 0.353. The van der Waals surface area contributed by atoms with Crippen molar-refractivity contribution in [2.24, 2.45) is 0 Å². The Balaban J connectivity index is 2.28. The number of aromatic nitrogens is 4. The van der Waals surface area contributed by atoms with Crippen LogP contribution < -0.4 is 10.6 Å². The molecule has 0 unspecified atom stereocenters. The highest BCUT2D eigenvalue weighted by Crippen LogP contribution is 2.32. The number of pyridine rings is 2. The Morgan fingerprint density at radius 1 is 1.26 bits per heavy atom. The van der Waals surface area contributed by atoms with Crippen molar-refractivity contribution in [1.29, 1.82) is 0 Å². The molecule has 2 N–H and O–H groups in total. The third kappa shape index (κ3) is 2.50. The Kier molecular flexibility index (Phi) is 3.67. The van der Waals surface area contributed by atoms with Crippen LogP contribution in [0.4, 0.5) is 11.5 Å². The summed E-state index contributed by atoms with van der Waals surface area (Å²) in [6.45, 7) is 6.14. The van der Waals surface area contributed by atoms with Gasteiger partial charge in [0.25, 0.3) is 0 Å². The third-order valence-electron chi connectivity index (χ3n) is 3.83. The van der Waals surface area contributed by atoms with Crippen molar-refractivity contribution in [3.05, 3.63) is 30.1 Å². The molecular weight excluding hydrogens is 288 g/mol. The first kappa shape index (κ1) is 15.3. The lowest BCUT2D eigenvalue weighted by atomic mass is 10.1. The standard InChI is InChI=1S/C17H22N6/c1-10(2)23-16-13(18)9-14(20-15(16)11(3)21-23)12-7-6-8-19-17(12)22(4)5/h6-10H,1-5H3,(H2,18,20). The van der Waals surface area contributed by atoms with Crippen molar-refractivity contribution in [3.63, 3.8) is 0 Å². The van der Waals surface area contributed by atoms with E-state index in [-0.39, 0.29) is 6.04 Å². The molecule has 0 saturated heterocycles. The van der Waals surface area contributed by atoms with Gasteiger partial charge in [0.15, 0.2) is 0 Å². The van der Waals surface area contributed by atoms with Crippen LogP contribution in [0.1, 0.15) is 25.6 Å². The van der Waals surface area contributed by atoms with Crippen molar-refractivity contribution in [3.8, 4) is 11.3 Å². The molecule has 0 aliphatic carbocycles. The predicted octanol–water partition coefficient (Wildman–Crippen LogP) is 3.03. The lowest BCUT2D eigenvalue weighted by Gasteiger charge is -2.16. The van der Waals surface area contributed by atoms with Crippen LogP contribution in [-0.2, 0) is 0 Å². The summed E-state index contributed by atoms with van der Waals surface area (Å²) in [6.07, 6.45) is 1.78. The molecule has 6 heteroatoms. The molecule has 3 aromatic rings. The summed E-state index contributed by atoms with van der Waals surface area (Å²) in [5, 5.41) is 4.59. The number of aryl methyl sites for hydroxylation is 1. The van der Waals surface area contributed by atoms with Gasteiger partial charge in [0.1, 0.15) is 16.9 Å². The van der Waals surface area contributed by atoms with Crippen LogP contribution in [0.15, 0.2) is 24.4 Å². The van der Waals surface area contributed by atoms with E-state index < -0.39 is 0 Å². The van der Waals surface area contributed by atoms with Gasteiger partial charge < -0.3 is 10.6 Å². The summed E-state index contributed by atoms with van der Waals surface area (Å²) in [5.74, 6) is 0.868. The van der Waals surface area contributed by atoms with Gasteiger partial charge in [0.2, 0.25) is 0 Å². The van der Waals surface area contributed by atoms with Crippen molar-refractivity contribution in [2.45, 2.75) is 26.8 Å². The molecule has 0 radical (unpaired) electrons. The number of nitrogens with zero attached hydrogens (tertiary/aromatic N) is 5. The van der Waals surface area contributed by atoms with E-state index in [1.807, 2.05) is 48.8 Å². The van der Waals surface area contributed by atoms with Crippen LogP contribution in [-0.4, -0.2) is 33.8 Å². The van der Waals surface area contributed by atoms with E-state index in [1.165, 1.54) is 0 Å². The molecule has 0 aliphatic rings. The molecule has 0 saturated carbocycles. The predicted molar refractivity (Wildman–Crippen MR) is 94.6 cm³/mol. The molecule has 3 aromatic heterocycles. The van der Waals surface area contributed by atoms with Gasteiger partial charge in [-0.25, -0.2) is 9.97 Å². The zero-order valence-corrected chi connectivity index (χ0v) is 14.2. The maximum Gasteiger partial charge on any atom is 0.137 e. The van der Waals surface area contributed by atoms with Gasteiger partial charge >= 0.3 is 0 Å². The van der Waals surface area contributed by atoms with E-state index in [2.05, 4.69) is 23.9 Å². The van der Waals surface area contributed by atoms with E-state index in [0.717, 1.165) is 33.8 Å². The highest BCUT2D eigenvalue weighted by Gasteiger charge is 2.17. The van der Waals surface area contributed by atoms with Crippen molar-refractivity contribution >= 4 is 22.5 Å². The number of nitrogens with two attached hydrogens (primary N) is 1. The number of rotatable bonds is 3. The molecule has 23 heavy (non-hydrogen) atoms. The van der Waals surface area contributed by atoms with Crippen LogP contribution >= 0.6 is 0 Å². The minimum atomic E-state index is 0.233. The normalized spacial score (nSPS) is 11.4. The quantitative estimate of drug-likeness (QED) is 0.805. The highest BCUT2D eigenvalue weighted by atomic mass is 15.3. The maximum atomic E-state index is 6.34. The number of anilines is 2. The summed E-state index contributed by atoms with van der Waals surface area (Å²) >= 11 is 0. The molecule has 0 amide bonds. The van der Waals surface area contributed by atoms with Crippen LogP contribution in [0, 0.1) is 6.92 Å². The van der Waals surface area contributed by atoms with Gasteiger partial charge in [0.05, 0.1) is 17.1 Å². The molecule has 0 aliphatic heterocycles. The average molecular weight is 310 g/mol. The highest BCUT2D eigenvalue weighted by molar-refractivity contribution is 5.92. The van der Waals surface area contributed by atoms with Crippen molar-refractivity contribution in [2.75, 3.05) is 24.7 Å². The molecule has 0 atom stereocenters. The fourth-order valence-corrected chi connectivity index (χ4v) is 2.77. The zero-order chi connectivity index (χ0) is 16.7. The summed E-state index contributed by atoms with van der Waals surface area (Å²) in [5.41, 5.74) is 11.4. The summed E-state index contributed by atoms with van der Waals surface area (Å²) in [4.78, 5) is 11.2. The second-order valence-corrected chi connectivity index (χ2v) is 6.19. The minimum absolute atomic E-state index is 0.233. The van der Waals surface area contributed by atoms with Gasteiger partial charge in [-0.2, -0.15) is 5.10 Å². The Hall–Kier alpha value is -2.63. The monoisotopic (exact) mass is 310 g/mol. The lowest BCUT2D eigenvalue weighted by Crippen LogP contribution is -2.12. The maximum absolute atomic E-state index is 6.34. The molecule has 3 heterocycles. The molecule has 6 nitrogen and oxygen atoms in total. The van der Waals surface area contributed by atoms with E-state index in [4.69, 9.17) is 10.7 Å². The van der Waals surface area contributed by atoms with E-state index in [1.54, 1.807) is 6.20 Å². The van der Waals surface area contributed by atoms with E-state index in [0.29, 0.717) is 5.69 Å². The van der Waals surface area contributed by atoms with Gasteiger partial charge in [0, 0.05) is 31.9 Å². The lowest BCUT2D eigenvalue weighted by molar-refractivity contribution is 0.547. The second-order valence-electron chi connectivity index (χ2n) is 6.19. The first-order valence-corrected chi connectivity index (χ1v) is 7.68. The average Bonchev–Trinajstić information content (AvgIpc) is 2.85. The van der Waals surface area contributed by atoms with E-state index in [9.17, 15) is 0 Å². The first-order chi connectivity index (χ1) is 10.9. The minimum Gasteiger partial charge on any atom is -0.397 e. The largest absolute Gasteiger partial charge is 0.397 e. The van der Waals surface area contributed by atoms with Gasteiger partial charge in [-0.05, 0) is 39.0 Å². The molecule has 3 rings (SSSR count). The Labute approximate surface area is 136 Å². The number of fused-ring (bicyclic) bond motifs is 1. The first-order valence-electron chi connectivity index (χ1n) is 7.68. The third-order valence-corrected chi connectivity index (χ3v) is 3.83. The molecule has 0 bridgehead atoms. The second kappa shape index (κ2) is 5.53. The number of hydrogen-bond donors (Lipinski definition) is 1. The summed E-state index contributed by atoms with van der Waals surface area (Å²) in [6, 6.07) is 6.07. The summed E-state index contributed by atoms with van der Waals surface area (Å²) < 4.78 is 1.94. The van der Waals surface area contributed by atoms with E-state index >= 15 is 0 Å². The SMILES string of the molecule is Cc1nn(C(C)C)c2c(N)cc(-c3cccnc3N(C)C)nc12. The zero-order valence-electron chi connectivity index (χ0n) is 14.2. The Morgan fingerprint density at radius 2 is 2.00 bits per heavy atom. The number of nitrogen functional groups attached to an aromatic ring is 1. The molecular formula is C17H22N6. The fourth-order valence-electron chi connectivity index (χ4n) is 2.77. The van der Waals surface area contributed by atoms with Gasteiger partial charge in [-0.3, -0.25) is 4.68 Å². The van der Waals surface area contributed by atoms with Gasteiger partial charge in [-0.1, -0.05) is 0 Å². The van der Waals surface area contributed by atoms with Crippen LogP contribution in [0.3, 0.4) is 0 Å². The summed E-state index contributed by atoms with van der Waals surface area (Å²) in [7, 11) is 3.94. The van der Waals surface area contributed by atoms with Gasteiger partial charge in [-0.15, -0.1) is 0 Å². The van der Waals surface area contributed by atoms with Crippen molar-refractivity contribution in [1.82, 2.24) is 19.7 Å². The molecule has 0 spiro atoms. The Morgan fingerprint density at radius 3 is 2.65 bits per heavy atom. The molecule has 120 valence electrons. The van der Waals surface area contributed by atoms with Crippen LogP contribution in [0.5, 0.6) is 0 Å².